The average Bonchev–Trinajstić information content (AvgIpc) is 2.91. The van der Waals surface area contributed by atoms with Crippen molar-refractivity contribution >= 4 is 11.8 Å². The molecule has 1 heterocycles. The van der Waals surface area contributed by atoms with Crippen molar-refractivity contribution < 1.29 is 14.0 Å². The Kier molecular flexibility index (Phi) is 4.39. The quantitative estimate of drug-likeness (QED) is 0.849. The van der Waals surface area contributed by atoms with E-state index in [0.717, 1.165) is 12.8 Å². The first kappa shape index (κ1) is 12.7. The number of hydrogen-bond donors (Lipinski definition) is 2. The first-order chi connectivity index (χ1) is 8.75. The Morgan fingerprint density at radius 2 is 2.06 bits per heavy atom. The van der Waals surface area contributed by atoms with Crippen molar-refractivity contribution in [3.05, 3.63) is 24.2 Å². The molecule has 5 heteroatoms. The molecule has 0 aliphatic heterocycles. The van der Waals surface area contributed by atoms with E-state index in [1.165, 1.54) is 25.5 Å². The number of amides is 2. The van der Waals surface area contributed by atoms with E-state index in [9.17, 15) is 9.59 Å². The monoisotopic (exact) mass is 250 g/mol. The molecule has 0 radical (unpaired) electrons. The fraction of sp³-hybridized carbons (Fsp3) is 0.538. The highest BCUT2D eigenvalue weighted by Gasteiger charge is 2.16. The predicted octanol–water partition coefficient (Wildman–Crippen LogP) is 1.46. The Balaban J connectivity index is 1.69. The summed E-state index contributed by atoms with van der Waals surface area (Å²) in [5.41, 5.74) is 0. The third-order valence-corrected chi connectivity index (χ3v) is 3.12. The first-order valence-electron chi connectivity index (χ1n) is 6.37. The van der Waals surface area contributed by atoms with Gasteiger partial charge in [0.15, 0.2) is 5.76 Å². The minimum absolute atomic E-state index is 0.00394. The van der Waals surface area contributed by atoms with Gasteiger partial charge in [-0.25, -0.2) is 0 Å². The molecule has 0 saturated heterocycles. The molecule has 5 nitrogen and oxygen atoms in total. The van der Waals surface area contributed by atoms with Gasteiger partial charge < -0.3 is 15.1 Å². The Morgan fingerprint density at radius 1 is 1.28 bits per heavy atom. The van der Waals surface area contributed by atoms with Crippen LogP contribution in [0.2, 0.25) is 0 Å². The molecule has 0 spiro atoms. The van der Waals surface area contributed by atoms with E-state index in [1.54, 1.807) is 12.1 Å². The lowest BCUT2D eigenvalue weighted by Crippen LogP contribution is -2.42. The van der Waals surface area contributed by atoms with Gasteiger partial charge >= 0.3 is 0 Å². The van der Waals surface area contributed by atoms with Crippen LogP contribution in [0.1, 0.15) is 42.7 Å². The van der Waals surface area contributed by atoms with Crippen molar-refractivity contribution in [1.82, 2.24) is 10.6 Å². The highest BCUT2D eigenvalue weighted by molar-refractivity contribution is 5.94. The summed E-state index contributed by atoms with van der Waals surface area (Å²) in [6.45, 7) is -0.00394. The van der Waals surface area contributed by atoms with E-state index in [1.807, 2.05) is 0 Å². The van der Waals surface area contributed by atoms with Crippen LogP contribution in [-0.2, 0) is 4.79 Å². The lowest BCUT2D eigenvalue weighted by atomic mass is 9.95. The maximum atomic E-state index is 11.6. The van der Waals surface area contributed by atoms with Gasteiger partial charge in [0.2, 0.25) is 5.91 Å². The summed E-state index contributed by atoms with van der Waals surface area (Å²) in [7, 11) is 0. The Bertz CT molecular complexity index is 394. The molecule has 0 bridgehead atoms. The maximum Gasteiger partial charge on any atom is 0.287 e. The maximum absolute atomic E-state index is 11.6. The Hall–Kier alpha value is -1.78. The summed E-state index contributed by atoms with van der Waals surface area (Å²) < 4.78 is 4.93. The molecule has 2 N–H and O–H groups in total. The molecular formula is C13H18N2O3. The zero-order valence-corrected chi connectivity index (χ0v) is 10.3. The van der Waals surface area contributed by atoms with Crippen molar-refractivity contribution in [3.63, 3.8) is 0 Å². The zero-order chi connectivity index (χ0) is 12.8. The van der Waals surface area contributed by atoms with Crippen LogP contribution in [0.3, 0.4) is 0 Å². The van der Waals surface area contributed by atoms with Crippen molar-refractivity contribution in [2.75, 3.05) is 6.54 Å². The predicted molar refractivity (Wildman–Crippen MR) is 66.1 cm³/mol. The van der Waals surface area contributed by atoms with Crippen LogP contribution in [0.4, 0.5) is 0 Å². The number of carbonyl (C=O) groups excluding carboxylic acids is 2. The lowest BCUT2D eigenvalue weighted by Gasteiger charge is -2.22. The molecule has 2 rings (SSSR count). The second kappa shape index (κ2) is 6.23. The molecule has 1 aliphatic carbocycles. The van der Waals surface area contributed by atoms with E-state index in [4.69, 9.17) is 4.42 Å². The lowest BCUT2D eigenvalue weighted by molar-refractivity contribution is -0.121. The molecule has 1 aromatic heterocycles. The molecule has 1 fully saturated rings. The molecule has 1 aromatic rings. The van der Waals surface area contributed by atoms with Gasteiger partial charge in [0, 0.05) is 6.04 Å². The van der Waals surface area contributed by atoms with Gasteiger partial charge in [0.1, 0.15) is 0 Å². The number of carbonyl (C=O) groups is 2. The highest BCUT2D eigenvalue weighted by atomic mass is 16.3. The second-order valence-corrected chi connectivity index (χ2v) is 4.56. The molecule has 0 atom stereocenters. The zero-order valence-electron chi connectivity index (χ0n) is 10.3. The third-order valence-electron chi connectivity index (χ3n) is 3.12. The summed E-state index contributed by atoms with van der Waals surface area (Å²) in [4.78, 5) is 23.1. The number of rotatable bonds is 4. The standard InChI is InChI=1S/C13H18N2O3/c16-12(15-10-5-2-1-3-6-10)9-14-13(17)11-7-4-8-18-11/h4,7-8,10H,1-3,5-6,9H2,(H,14,17)(H,15,16). The molecule has 18 heavy (non-hydrogen) atoms. The van der Waals surface area contributed by atoms with Crippen LogP contribution in [0.5, 0.6) is 0 Å². The van der Waals surface area contributed by atoms with Gasteiger partial charge in [0.05, 0.1) is 12.8 Å². The number of furan rings is 1. The molecule has 2 amide bonds. The van der Waals surface area contributed by atoms with Crippen molar-refractivity contribution in [3.8, 4) is 0 Å². The van der Waals surface area contributed by atoms with Gasteiger partial charge in [-0.2, -0.15) is 0 Å². The summed E-state index contributed by atoms with van der Waals surface area (Å²) >= 11 is 0. The van der Waals surface area contributed by atoms with Gasteiger partial charge in [0.25, 0.3) is 5.91 Å². The number of nitrogens with one attached hydrogen (secondary N) is 2. The highest BCUT2D eigenvalue weighted by Crippen LogP contribution is 2.17. The number of hydrogen-bond acceptors (Lipinski definition) is 3. The average molecular weight is 250 g/mol. The SMILES string of the molecule is O=C(CNC(=O)c1ccco1)NC1CCCCC1. The van der Waals surface area contributed by atoms with Crippen molar-refractivity contribution in [2.45, 2.75) is 38.1 Å². The van der Waals surface area contributed by atoms with Crippen LogP contribution in [-0.4, -0.2) is 24.4 Å². The van der Waals surface area contributed by atoms with Crippen molar-refractivity contribution in [2.24, 2.45) is 0 Å². The van der Waals surface area contributed by atoms with E-state index >= 15 is 0 Å². The summed E-state index contributed by atoms with van der Waals surface area (Å²) in [6.07, 6.45) is 7.10. The van der Waals surface area contributed by atoms with Crippen LogP contribution >= 0.6 is 0 Å². The van der Waals surface area contributed by atoms with E-state index < -0.39 is 0 Å². The first-order valence-corrected chi connectivity index (χ1v) is 6.37. The fourth-order valence-corrected chi connectivity index (χ4v) is 2.18. The van der Waals surface area contributed by atoms with Crippen LogP contribution in [0.15, 0.2) is 22.8 Å². The third kappa shape index (κ3) is 3.61. The van der Waals surface area contributed by atoms with Gasteiger partial charge in [-0.05, 0) is 25.0 Å². The Labute approximate surface area is 106 Å². The largest absolute Gasteiger partial charge is 0.459 e. The van der Waals surface area contributed by atoms with Crippen LogP contribution in [0, 0.1) is 0 Å². The van der Waals surface area contributed by atoms with Gasteiger partial charge in [-0.3, -0.25) is 9.59 Å². The summed E-state index contributed by atoms with van der Waals surface area (Å²) in [6, 6.07) is 3.47. The summed E-state index contributed by atoms with van der Waals surface area (Å²) in [5, 5.41) is 5.46. The molecular weight excluding hydrogens is 232 g/mol. The smallest absolute Gasteiger partial charge is 0.287 e. The molecule has 98 valence electrons. The molecule has 0 aromatic carbocycles. The van der Waals surface area contributed by atoms with E-state index in [-0.39, 0.29) is 30.2 Å². The van der Waals surface area contributed by atoms with Gasteiger partial charge in [-0.1, -0.05) is 19.3 Å². The van der Waals surface area contributed by atoms with Crippen LogP contribution in [0.25, 0.3) is 0 Å². The fourth-order valence-electron chi connectivity index (χ4n) is 2.18. The van der Waals surface area contributed by atoms with Crippen molar-refractivity contribution in [1.29, 1.82) is 0 Å². The molecule has 0 unspecified atom stereocenters. The van der Waals surface area contributed by atoms with E-state index in [2.05, 4.69) is 10.6 Å². The normalized spacial score (nSPS) is 16.2. The summed E-state index contributed by atoms with van der Waals surface area (Å²) in [5.74, 6) is -0.277. The minimum atomic E-state index is -0.362. The molecule has 1 saturated carbocycles. The Morgan fingerprint density at radius 3 is 2.72 bits per heavy atom. The second-order valence-electron chi connectivity index (χ2n) is 4.56. The topological polar surface area (TPSA) is 71.3 Å². The minimum Gasteiger partial charge on any atom is -0.459 e. The van der Waals surface area contributed by atoms with Gasteiger partial charge in [-0.15, -0.1) is 0 Å². The van der Waals surface area contributed by atoms with Crippen LogP contribution < -0.4 is 10.6 Å². The molecule has 1 aliphatic rings. The van der Waals surface area contributed by atoms with E-state index in [0.29, 0.717) is 0 Å².